The molecule has 274 valence electrons. The summed E-state index contributed by atoms with van der Waals surface area (Å²) >= 11 is 0. The van der Waals surface area contributed by atoms with Gasteiger partial charge in [-0.05, 0) is 133 Å². The highest BCUT2D eigenvalue weighted by Crippen LogP contribution is 2.43. The van der Waals surface area contributed by atoms with Gasteiger partial charge in [-0.1, -0.05) is 96.1 Å². The van der Waals surface area contributed by atoms with Gasteiger partial charge in [0.05, 0.1) is 16.7 Å². The minimum absolute atomic E-state index is 0.288. The van der Waals surface area contributed by atoms with Gasteiger partial charge in [-0.15, -0.1) is 0 Å². The lowest BCUT2D eigenvalue weighted by Crippen LogP contribution is -2.10. The maximum absolute atomic E-state index is 14.8. The monoisotopic (exact) mass is 741 g/mol. The molecule has 1 heterocycles. The molecule has 0 aliphatic carbocycles. The van der Waals surface area contributed by atoms with Crippen molar-refractivity contribution in [1.82, 2.24) is 4.57 Å². The van der Waals surface area contributed by atoms with Crippen LogP contribution in [0.4, 0.5) is 42.9 Å². The van der Waals surface area contributed by atoms with Crippen LogP contribution in [0.3, 0.4) is 0 Å². The molecule has 0 N–H and O–H groups in total. The Bertz CT molecular complexity index is 3120. The Morgan fingerprint density at radius 1 is 0.351 bits per heavy atom. The Kier molecular flexibility index (Phi) is 8.30. The third-order valence-corrected chi connectivity index (χ3v) is 10.9. The summed E-state index contributed by atoms with van der Waals surface area (Å²) in [7, 11) is 0. The Morgan fingerprint density at radius 2 is 0.877 bits per heavy atom. The third-order valence-electron chi connectivity index (χ3n) is 10.9. The summed E-state index contributed by atoms with van der Waals surface area (Å²) in [6.07, 6.45) is 0. The second-order valence-corrected chi connectivity index (χ2v) is 14.7. The van der Waals surface area contributed by atoms with Crippen molar-refractivity contribution in [3.8, 4) is 5.69 Å². The zero-order valence-electron chi connectivity index (χ0n) is 31.5. The Labute approximate surface area is 329 Å². The van der Waals surface area contributed by atoms with Crippen molar-refractivity contribution in [2.75, 3.05) is 9.80 Å². The summed E-state index contributed by atoms with van der Waals surface area (Å²) in [4.78, 5) is 4.21. The first-order chi connectivity index (χ1) is 27.9. The van der Waals surface area contributed by atoms with Gasteiger partial charge in [0.15, 0.2) is 0 Å². The van der Waals surface area contributed by atoms with Crippen LogP contribution >= 0.6 is 0 Å². The molecule has 0 saturated heterocycles. The second-order valence-electron chi connectivity index (χ2n) is 14.7. The zero-order chi connectivity index (χ0) is 38.6. The largest absolute Gasteiger partial charge is 0.310 e. The standard InChI is InChI=1S/C52H37F2N3/c1-34-16-21-41(22-17-34)55(43-12-6-10-39(53)31-43)45-25-20-37-29-49-48-27-26-46(56(42-23-18-35(2)19-24-42)44-13-7-11-40(54)32-44)33-52(48)57(51(49)30-38(37)28-45)50-15-5-9-36-8-3-4-14-47(36)50/h3-33H,1-2H3. The number of fused-ring (bicyclic) bond motifs is 5. The van der Waals surface area contributed by atoms with Gasteiger partial charge in [0.1, 0.15) is 11.6 Å². The quantitative estimate of drug-likeness (QED) is 0.161. The van der Waals surface area contributed by atoms with E-state index in [4.69, 9.17) is 0 Å². The van der Waals surface area contributed by atoms with E-state index in [1.807, 2.05) is 12.1 Å². The minimum atomic E-state index is -0.292. The van der Waals surface area contributed by atoms with Crippen molar-refractivity contribution in [2.45, 2.75) is 13.8 Å². The highest BCUT2D eigenvalue weighted by Gasteiger charge is 2.20. The number of rotatable bonds is 7. The Hall–Kier alpha value is -7.24. The number of nitrogens with zero attached hydrogens (tertiary/aromatic N) is 3. The van der Waals surface area contributed by atoms with E-state index < -0.39 is 0 Å². The highest BCUT2D eigenvalue weighted by molar-refractivity contribution is 6.15. The molecule has 0 unspecified atom stereocenters. The van der Waals surface area contributed by atoms with Crippen LogP contribution in [0.2, 0.25) is 0 Å². The van der Waals surface area contributed by atoms with Crippen molar-refractivity contribution in [1.29, 1.82) is 0 Å². The average Bonchev–Trinajstić information content (AvgIpc) is 3.53. The number of aromatic nitrogens is 1. The SMILES string of the molecule is Cc1ccc(N(c2cccc(F)c2)c2ccc3cc4c5ccc(N(c6ccc(C)cc6)c6cccc(F)c6)cc5n(-c5cccc6ccccc56)c4cc3c2)cc1. The summed E-state index contributed by atoms with van der Waals surface area (Å²) in [6, 6.07) is 62.6. The van der Waals surface area contributed by atoms with Crippen LogP contribution in [0.1, 0.15) is 11.1 Å². The number of hydrogen-bond donors (Lipinski definition) is 0. The summed E-state index contributed by atoms with van der Waals surface area (Å²) < 4.78 is 31.9. The molecule has 0 radical (unpaired) electrons. The lowest BCUT2D eigenvalue weighted by atomic mass is 10.0. The van der Waals surface area contributed by atoms with Gasteiger partial charge >= 0.3 is 0 Å². The van der Waals surface area contributed by atoms with Crippen LogP contribution in [-0.4, -0.2) is 4.57 Å². The second kappa shape index (κ2) is 13.8. The van der Waals surface area contributed by atoms with Gasteiger partial charge in [-0.3, -0.25) is 0 Å². The number of benzene rings is 9. The summed E-state index contributed by atoms with van der Waals surface area (Å²) in [5.41, 5.74) is 10.7. The van der Waals surface area contributed by atoms with Crippen molar-refractivity contribution in [3.05, 3.63) is 211 Å². The number of aryl methyl sites for hydroxylation is 2. The third kappa shape index (κ3) is 6.14. The number of halogens is 2. The molecular formula is C52H37F2N3. The fourth-order valence-corrected chi connectivity index (χ4v) is 8.19. The molecule has 3 nitrogen and oxygen atoms in total. The molecule has 0 saturated carbocycles. The van der Waals surface area contributed by atoms with Crippen molar-refractivity contribution in [3.63, 3.8) is 0 Å². The van der Waals surface area contributed by atoms with E-state index in [1.165, 1.54) is 12.1 Å². The van der Waals surface area contributed by atoms with Crippen LogP contribution < -0.4 is 9.80 Å². The average molecular weight is 742 g/mol. The number of hydrogen-bond acceptors (Lipinski definition) is 2. The van der Waals surface area contributed by atoms with Gasteiger partial charge in [0, 0.05) is 50.3 Å². The van der Waals surface area contributed by atoms with Gasteiger partial charge in [-0.2, -0.15) is 0 Å². The minimum Gasteiger partial charge on any atom is -0.310 e. The molecule has 10 aromatic rings. The molecular weight excluding hydrogens is 705 g/mol. The van der Waals surface area contributed by atoms with Crippen LogP contribution in [0.25, 0.3) is 49.0 Å². The van der Waals surface area contributed by atoms with Crippen molar-refractivity contribution in [2.24, 2.45) is 0 Å². The maximum Gasteiger partial charge on any atom is 0.125 e. The molecule has 0 bridgehead atoms. The fraction of sp³-hybridized carbons (Fsp3) is 0.0385. The highest BCUT2D eigenvalue weighted by atomic mass is 19.1. The molecule has 1 aromatic heterocycles. The Morgan fingerprint density at radius 3 is 1.53 bits per heavy atom. The van der Waals surface area contributed by atoms with E-state index in [0.29, 0.717) is 0 Å². The van der Waals surface area contributed by atoms with E-state index >= 15 is 0 Å². The molecule has 0 aliphatic heterocycles. The van der Waals surface area contributed by atoms with E-state index in [0.717, 1.165) is 94.3 Å². The van der Waals surface area contributed by atoms with E-state index in [-0.39, 0.29) is 11.6 Å². The lowest BCUT2D eigenvalue weighted by Gasteiger charge is -2.26. The lowest BCUT2D eigenvalue weighted by molar-refractivity contribution is 0.627. The van der Waals surface area contributed by atoms with Crippen molar-refractivity contribution >= 4 is 77.5 Å². The van der Waals surface area contributed by atoms with Gasteiger partial charge in [-0.25, -0.2) is 8.78 Å². The molecule has 0 fully saturated rings. The summed E-state index contributed by atoms with van der Waals surface area (Å²) in [6.45, 7) is 4.14. The van der Waals surface area contributed by atoms with E-state index in [1.54, 1.807) is 24.3 Å². The maximum atomic E-state index is 14.8. The van der Waals surface area contributed by atoms with Gasteiger partial charge < -0.3 is 14.4 Å². The van der Waals surface area contributed by atoms with E-state index in [2.05, 4.69) is 168 Å². The van der Waals surface area contributed by atoms with Crippen molar-refractivity contribution < 1.29 is 8.78 Å². The molecule has 0 amide bonds. The van der Waals surface area contributed by atoms with E-state index in [9.17, 15) is 8.78 Å². The molecule has 5 heteroatoms. The predicted molar refractivity (Wildman–Crippen MR) is 235 cm³/mol. The summed E-state index contributed by atoms with van der Waals surface area (Å²) in [5.74, 6) is -0.579. The first-order valence-electron chi connectivity index (χ1n) is 19.1. The fourth-order valence-electron chi connectivity index (χ4n) is 8.19. The van der Waals surface area contributed by atoms with Crippen LogP contribution in [-0.2, 0) is 0 Å². The Balaban J connectivity index is 1.24. The normalized spacial score (nSPS) is 11.5. The molecule has 0 atom stereocenters. The molecule has 0 spiro atoms. The van der Waals surface area contributed by atoms with Gasteiger partial charge in [0.25, 0.3) is 0 Å². The predicted octanol–water partition coefficient (Wildman–Crippen LogP) is 14.9. The zero-order valence-corrected chi connectivity index (χ0v) is 31.5. The van der Waals surface area contributed by atoms with Crippen LogP contribution in [0.15, 0.2) is 188 Å². The topological polar surface area (TPSA) is 11.4 Å². The molecule has 0 aliphatic rings. The first-order valence-corrected chi connectivity index (χ1v) is 19.1. The molecule has 57 heavy (non-hydrogen) atoms. The summed E-state index contributed by atoms with van der Waals surface area (Å²) in [5, 5.41) is 6.66. The number of anilines is 6. The molecule has 10 rings (SSSR count). The molecule has 9 aromatic carbocycles. The van der Waals surface area contributed by atoms with Gasteiger partial charge in [0.2, 0.25) is 0 Å². The van der Waals surface area contributed by atoms with Crippen LogP contribution in [0.5, 0.6) is 0 Å². The van der Waals surface area contributed by atoms with Crippen LogP contribution in [0, 0.1) is 25.5 Å². The smallest absolute Gasteiger partial charge is 0.125 e. The first kappa shape index (κ1) is 34.3.